The van der Waals surface area contributed by atoms with Crippen LogP contribution in [0.5, 0.6) is 0 Å². The highest BCUT2D eigenvalue weighted by atomic mass is 19.1. The lowest BCUT2D eigenvalue weighted by Crippen LogP contribution is -2.37. The summed E-state index contributed by atoms with van der Waals surface area (Å²) in [6.07, 6.45) is 8.15. The fourth-order valence-corrected chi connectivity index (χ4v) is 4.16. The molecule has 3 nitrogen and oxygen atoms in total. The molecule has 0 atom stereocenters. The third-order valence-electron chi connectivity index (χ3n) is 5.71. The smallest absolute Gasteiger partial charge is 0.123 e. The molecule has 4 rings (SSSR count). The lowest BCUT2D eigenvalue weighted by atomic mass is 9.85. The fraction of sp³-hybridized carbons (Fsp3) is 0.348. The maximum absolute atomic E-state index is 13.4. The summed E-state index contributed by atoms with van der Waals surface area (Å²) in [7, 11) is 0. The predicted molar refractivity (Wildman–Crippen MR) is 108 cm³/mol. The Hall–Kier alpha value is -2.46. The van der Waals surface area contributed by atoms with Gasteiger partial charge in [0.2, 0.25) is 0 Å². The lowest BCUT2D eigenvalue weighted by molar-refractivity contribution is 0.172. The predicted octanol–water partition coefficient (Wildman–Crippen LogP) is 5.47. The van der Waals surface area contributed by atoms with Crippen molar-refractivity contribution in [1.29, 1.82) is 0 Å². The van der Waals surface area contributed by atoms with E-state index in [-0.39, 0.29) is 5.82 Å². The van der Waals surface area contributed by atoms with Gasteiger partial charge in [0, 0.05) is 30.2 Å². The summed E-state index contributed by atoms with van der Waals surface area (Å²) >= 11 is 0. The average Bonchev–Trinajstić information content (AvgIpc) is 3.14. The highest BCUT2D eigenvalue weighted by Crippen LogP contribution is 2.41. The zero-order valence-electron chi connectivity index (χ0n) is 16.0. The molecule has 0 unspecified atom stereocenters. The zero-order valence-corrected chi connectivity index (χ0v) is 16.0. The molecule has 1 aliphatic heterocycles. The van der Waals surface area contributed by atoms with Gasteiger partial charge in [-0.1, -0.05) is 0 Å². The van der Waals surface area contributed by atoms with E-state index in [1.807, 2.05) is 24.5 Å². The van der Waals surface area contributed by atoms with Crippen molar-refractivity contribution in [3.05, 3.63) is 66.4 Å². The second-order valence-corrected chi connectivity index (χ2v) is 7.64. The Morgan fingerprint density at radius 3 is 2.30 bits per heavy atom. The number of aromatic nitrogens is 2. The molecule has 3 aromatic rings. The second kappa shape index (κ2) is 7.65. The number of piperidine rings is 1. The molecule has 140 valence electrons. The van der Waals surface area contributed by atoms with E-state index in [0.29, 0.717) is 12.0 Å². The highest BCUT2D eigenvalue weighted by Gasteiger charge is 2.26. The molecule has 0 saturated carbocycles. The van der Waals surface area contributed by atoms with Crippen LogP contribution in [0.4, 0.5) is 4.39 Å². The van der Waals surface area contributed by atoms with Gasteiger partial charge in [-0.05, 0) is 98.8 Å². The van der Waals surface area contributed by atoms with Gasteiger partial charge < -0.3 is 9.88 Å². The van der Waals surface area contributed by atoms with Gasteiger partial charge in [0.05, 0.1) is 5.69 Å². The highest BCUT2D eigenvalue weighted by molar-refractivity contribution is 5.84. The minimum atomic E-state index is -0.211. The van der Waals surface area contributed by atoms with Gasteiger partial charge in [-0.15, -0.1) is 0 Å². The first kappa shape index (κ1) is 17.9. The topological polar surface area (TPSA) is 31.9 Å². The molecule has 0 radical (unpaired) electrons. The van der Waals surface area contributed by atoms with E-state index in [0.717, 1.165) is 42.8 Å². The number of nitrogens with zero attached hydrogens (tertiary/aromatic N) is 2. The number of aromatic amines is 1. The minimum Gasteiger partial charge on any atom is -0.360 e. The summed E-state index contributed by atoms with van der Waals surface area (Å²) in [4.78, 5) is 10.2. The number of halogens is 1. The Labute approximate surface area is 160 Å². The van der Waals surface area contributed by atoms with Crippen molar-refractivity contribution >= 4 is 0 Å². The molecule has 0 bridgehead atoms. The Morgan fingerprint density at radius 1 is 1.00 bits per heavy atom. The SMILES string of the molecule is CC(C)N1CCC(c2c[nH]c(-c3ccc(F)cc3)c2-c2ccncc2)CC1. The normalized spacial score (nSPS) is 16.1. The van der Waals surface area contributed by atoms with E-state index in [1.165, 1.54) is 23.3 Å². The van der Waals surface area contributed by atoms with Gasteiger partial charge in [0.15, 0.2) is 0 Å². The van der Waals surface area contributed by atoms with Crippen LogP contribution >= 0.6 is 0 Å². The molecular weight excluding hydrogens is 337 g/mol. The molecule has 1 N–H and O–H groups in total. The molecule has 27 heavy (non-hydrogen) atoms. The van der Waals surface area contributed by atoms with Crippen molar-refractivity contribution in [2.75, 3.05) is 13.1 Å². The Morgan fingerprint density at radius 2 is 1.67 bits per heavy atom. The molecule has 2 aromatic heterocycles. The fourth-order valence-electron chi connectivity index (χ4n) is 4.16. The Kier molecular flexibility index (Phi) is 5.08. The lowest BCUT2D eigenvalue weighted by Gasteiger charge is -2.34. The van der Waals surface area contributed by atoms with Gasteiger partial charge >= 0.3 is 0 Å². The van der Waals surface area contributed by atoms with Gasteiger partial charge in [-0.25, -0.2) is 4.39 Å². The van der Waals surface area contributed by atoms with Crippen LogP contribution in [-0.4, -0.2) is 34.0 Å². The number of likely N-dealkylation sites (tertiary alicyclic amines) is 1. The summed E-state index contributed by atoms with van der Waals surface area (Å²) < 4.78 is 13.4. The molecule has 3 heterocycles. The summed E-state index contributed by atoms with van der Waals surface area (Å²) in [5, 5.41) is 0. The van der Waals surface area contributed by atoms with Crippen molar-refractivity contribution in [1.82, 2.24) is 14.9 Å². The van der Waals surface area contributed by atoms with E-state index in [1.54, 1.807) is 0 Å². The van der Waals surface area contributed by atoms with Crippen molar-refractivity contribution in [2.24, 2.45) is 0 Å². The molecule has 0 spiro atoms. The van der Waals surface area contributed by atoms with Crippen molar-refractivity contribution in [3.8, 4) is 22.4 Å². The van der Waals surface area contributed by atoms with E-state index < -0.39 is 0 Å². The Balaban J connectivity index is 1.73. The summed E-state index contributed by atoms with van der Waals surface area (Å²) in [6.45, 7) is 6.81. The van der Waals surface area contributed by atoms with Crippen LogP contribution in [0.1, 0.15) is 38.2 Å². The second-order valence-electron chi connectivity index (χ2n) is 7.64. The summed E-state index contributed by atoms with van der Waals surface area (Å²) in [5.74, 6) is 0.325. The van der Waals surface area contributed by atoms with Crippen LogP contribution in [-0.2, 0) is 0 Å². The maximum Gasteiger partial charge on any atom is 0.123 e. The molecular formula is C23H26FN3. The van der Waals surface area contributed by atoms with Crippen molar-refractivity contribution < 1.29 is 4.39 Å². The van der Waals surface area contributed by atoms with E-state index in [2.05, 4.69) is 47.0 Å². The van der Waals surface area contributed by atoms with Crippen LogP contribution < -0.4 is 0 Å². The summed E-state index contributed by atoms with van der Waals surface area (Å²) in [5.41, 5.74) is 5.82. The van der Waals surface area contributed by atoms with E-state index in [9.17, 15) is 4.39 Å². The first-order valence-electron chi connectivity index (χ1n) is 9.75. The third kappa shape index (κ3) is 3.67. The molecule has 0 aliphatic carbocycles. The maximum atomic E-state index is 13.4. The zero-order chi connectivity index (χ0) is 18.8. The number of nitrogens with one attached hydrogen (secondary N) is 1. The number of H-pyrrole nitrogens is 1. The third-order valence-corrected chi connectivity index (χ3v) is 5.71. The number of benzene rings is 1. The van der Waals surface area contributed by atoms with Crippen LogP contribution in [0.3, 0.4) is 0 Å². The standard InChI is InChI=1S/C23H26FN3/c1-16(2)27-13-9-17(10-14-27)21-15-26-23(19-3-5-20(24)6-4-19)22(21)18-7-11-25-12-8-18/h3-8,11-12,15-17,26H,9-10,13-14H2,1-2H3. The van der Waals surface area contributed by atoms with Gasteiger partial charge in [0.25, 0.3) is 0 Å². The van der Waals surface area contributed by atoms with Crippen LogP contribution in [0.25, 0.3) is 22.4 Å². The number of pyridine rings is 1. The van der Waals surface area contributed by atoms with E-state index >= 15 is 0 Å². The molecule has 1 saturated heterocycles. The average molecular weight is 363 g/mol. The number of rotatable bonds is 4. The van der Waals surface area contributed by atoms with Crippen molar-refractivity contribution in [3.63, 3.8) is 0 Å². The van der Waals surface area contributed by atoms with Crippen molar-refractivity contribution in [2.45, 2.75) is 38.6 Å². The monoisotopic (exact) mass is 363 g/mol. The molecule has 1 aromatic carbocycles. The Bertz CT molecular complexity index is 876. The van der Waals surface area contributed by atoms with Crippen LogP contribution in [0.15, 0.2) is 55.0 Å². The quantitative estimate of drug-likeness (QED) is 0.666. The first-order valence-corrected chi connectivity index (χ1v) is 9.75. The summed E-state index contributed by atoms with van der Waals surface area (Å²) in [6, 6.07) is 11.5. The molecule has 1 fully saturated rings. The van der Waals surface area contributed by atoms with E-state index in [4.69, 9.17) is 0 Å². The van der Waals surface area contributed by atoms with Crippen LogP contribution in [0.2, 0.25) is 0 Å². The first-order chi connectivity index (χ1) is 13.1. The largest absolute Gasteiger partial charge is 0.360 e. The van der Waals surface area contributed by atoms with Gasteiger partial charge in [0.1, 0.15) is 5.82 Å². The molecule has 4 heteroatoms. The number of hydrogen-bond acceptors (Lipinski definition) is 2. The molecule has 1 aliphatic rings. The molecule has 0 amide bonds. The van der Waals surface area contributed by atoms with Gasteiger partial charge in [-0.2, -0.15) is 0 Å². The number of hydrogen-bond donors (Lipinski definition) is 1. The minimum absolute atomic E-state index is 0.211. The van der Waals surface area contributed by atoms with Crippen LogP contribution in [0, 0.1) is 5.82 Å². The van der Waals surface area contributed by atoms with Gasteiger partial charge in [-0.3, -0.25) is 4.98 Å².